The quantitative estimate of drug-likeness (QED) is 0.887. The molecule has 116 valence electrons. The first kappa shape index (κ1) is 15.9. The molecule has 0 bridgehead atoms. The molecule has 0 spiro atoms. The molecular formula is C15H16ClN3O3. The second kappa shape index (κ2) is 7.51. The average molecular weight is 322 g/mol. The largest absolute Gasteiger partial charge is 0.497 e. The minimum atomic E-state index is -0.358. The number of benzene rings is 1. The number of hydrogen-bond donors (Lipinski definition) is 2. The van der Waals surface area contributed by atoms with Crippen LogP contribution in [-0.4, -0.2) is 25.2 Å². The Morgan fingerprint density at radius 1 is 1.23 bits per heavy atom. The van der Waals surface area contributed by atoms with Crippen molar-refractivity contribution in [3.05, 3.63) is 47.1 Å². The lowest BCUT2D eigenvalue weighted by atomic mass is 10.2. The van der Waals surface area contributed by atoms with Gasteiger partial charge in [0.2, 0.25) is 5.88 Å². The minimum Gasteiger partial charge on any atom is -0.497 e. The van der Waals surface area contributed by atoms with Crippen LogP contribution in [-0.2, 0) is 6.54 Å². The zero-order valence-electron chi connectivity index (χ0n) is 12.2. The van der Waals surface area contributed by atoms with Crippen molar-refractivity contribution in [2.24, 2.45) is 0 Å². The SMILES string of the molecule is COc1ccc(NC(=O)NCc2ccnc(OC)c2)c(Cl)c1. The van der Waals surface area contributed by atoms with Crippen molar-refractivity contribution in [2.75, 3.05) is 19.5 Å². The summed E-state index contributed by atoms with van der Waals surface area (Å²) in [5.41, 5.74) is 1.38. The van der Waals surface area contributed by atoms with Gasteiger partial charge in [0.15, 0.2) is 0 Å². The Morgan fingerprint density at radius 2 is 2.05 bits per heavy atom. The van der Waals surface area contributed by atoms with E-state index in [-0.39, 0.29) is 6.03 Å². The number of carbonyl (C=O) groups excluding carboxylic acids is 1. The van der Waals surface area contributed by atoms with Gasteiger partial charge in [0.25, 0.3) is 0 Å². The third-order valence-corrected chi connectivity index (χ3v) is 3.20. The van der Waals surface area contributed by atoms with E-state index in [1.165, 1.54) is 7.11 Å². The zero-order valence-corrected chi connectivity index (χ0v) is 13.0. The van der Waals surface area contributed by atoms with Crippen LogP contribution < -0.4 is 20.1 Å². The molecule has 1 aromatic heterocycles. The van der Waals surface area contributed by atoms with Gasteiger partial charge in [-0.05, 0) is 23.8 Å². The van der Waals surface area contributed by atoms with Crippen LogP contribution in [0.4, 0.5) is 10.5 Å². The number of methoxy groups -OCH3 is 2. The topological polar surface area (TPSA) is 72.5 Å². The fourth-order valence-electron chi connectivity index (χ4n) is 1.75. The average Bonchev–Trinajstić information content (AvgIpc) is 2.55. The Morgan fingerprint density at radius 3 is 2.73 bits per heavy atom. The molecule has 2 rings (SSSR count). The number of ether oxygens (including phenoxy) is 2. The third kappa shape index (κ3) is 4.26. The number of urea groups is 1. The molecule has 2 amide bonds. The third-order valence-electron chi connectivity index (χ3n) is 2.89. The van der Waals surface area contributed by atoms with Crippen molar-refractivity contribution >= 4 is 23.3 Å². The molecule has 1 heterocycles. The van der Waals surface area contributed by atoms with Crippen molar-refractivity contribution in [1.29, 1.82) is 0 Å². The summed E-state index contributed by atoms with van der Waals surface area (Å²) in [5.74, 6) is 1.12. The highest BCUT2D eigenvalue weighted by Crippen LogP contribution is 2.26. The van der Waals surface area contributed by atoms with Crippen molar-refractivity contribution in [1.82, 2.24) is 10.3 Å². The number of amides is 2. The standard InChI is InChI=1S/C15H16ClN3O3/c1-21-11-3-4-13(12(16)8-11)19-15(20)18-9-10-5-6-17-14(7-10)22-2/h3-8H,9H2,1-2H3,(H2,18,19,20). The van der Waals surface area contributed by atoms with Crippen molar-refractivity contribution in [3.8, 4) is 11.6 Å². The van der Waals surface area contributed by atoms with E-state index in [1.54, 1.807) is 43.6 Å². The van der Waals surface area contributed by atoms with Gasteiger partial charge >= 0.3 is 6.03 Å². The minimum absolute atomic E-state index is 0.346. The summed E-state index contributed by atoms with van der Waals surface area (Å²) < 4.78 is 10.1. The number of aromatic nitrogens is 1. The molecular weight excluding hydrogens is 306 g/mol. The molecule has 0 saturated heterocycles. The summed E-state index contributed by atoms with van der Waals surface area (Å²) in [6, 6.07) is 8.21. The Kier molecular flexibility index (Phi) is 5.43. The monoisotopic (exact) mass is 321 g/mol. The molecule has 0 aliphatic rings. The predicted octanol–water partition coefficient (Wildman–Crippen LogP) is 3.07. The second-order valence-electron chi connectivity index (χ2n) is 4.36. The van der Waals surface area contributed by atoms with Crippen LogP contribution in [0.15, 0.2) is 36.5 Å². The Labute approximate surface area is 133 Å². The Hall–Kier alpha value is -2.47. The van der Waals surface area contributed by atoms with E-state index in [1.807, 2.05) is 0 Å². The molecule has 6 nitrogen and oxygen atoms in total. The highest BCUT2D eigenvalue weighted by Gasteiger charge is 2.07. The van der Waals surface area contributed by atoms with Gasteiger partial charge in [-0.2, -0.15) is 0 Å². The summed E-state index contributed by atoms with van der Waals surface area (Å²) in [6.07, 6.45) is 1.62. The second-order valence-corrected chi connectivity index (χ2v) is 4.77. The van der Waals surface area contributed by atoms with Crippen LogP contribution in [0.3, 0.4) is 0 Å². The number of halogens is 1. The maximum absolute atomic E-state index is 11.9. The molecule has 2 aromatic rings. The first-order valence-corrected chi connectivity index (χ1v) is 6.87. The molecule has 0 saturated carbocycles. The fraction of sp³-hybridized carbons (Fsp3) is 0.200. The zero-order chi connectivity index (χ0) is 15.9. The van der Waals surface area contributed by atoms with Gasteiger partial charge in [-0.25, -0.2) is 9.78 Å². The van der Waals surface area contributed by atoms with Gasteiger partial charge in [-0.1, -0.05) is 11.6 Å². The maximum atomic E-state index is 11.9. The number of nitrogens with one attached hydrogen (secondary N) is 2. The lowest BCUT2D eigenvalue weighted by Crippen LogP contribution is -2.28. The van der Waals surface area contributed by atoms with E-state index >= 15 is 0 Å². The maximum Gasteiger partial charge on any atom is 0.319 e. The lowest BCUT2D eigenvalue weighted by Gasteiger charge is -2.10. The lowest BCUT2D eigenvalue weighted by molar-refractivity contribution is 0.251. The number of hydrogen-bond acceptors (Lipinski definition) is 4. The van der Waals surface area contributed by atoms with Crippen LogP contribution >= 0.6 is 11.6 Å². The van der Waals surface area contributed by atoms with Crippen LogP contribution in [0.25, 0.3) is 0 Å². The van der Waals surface area contributed by atoms with Gasteiger partial charge in [0.05, 0.1) is 24.9 Å². The van der Waals surface area contributed by atoms with Crippen LogP contribution in [0.5, 0.6) is 11.6 Å². The number of rotatable bonds is 5. The van der Waals surface area contributed by atoms with Gasteiger partial charge in [0.1, 0.15) is 5.75 Å². The fourth-order valence-corrected chi connectivity index (χ4v) is 1.96. The molecule has 0 fully saturated rings. The Balaban J connectivity index is 1.92. The summed E-state index contributed by atoms with van der Waals surface area (Å²) >= 11 is 6.06. The summed E-state index contributed by atoms with van der Waals surface area (Å²) in [7, 11) is 3.09. The van der Waals surface area contributed by atoms with E-state index in [4.69, 9.17) is 21.1 Å². The van der Waals surface area contributed by atoms with Crippen molar-refractivity contribution < 1.29 is 14.3 Å². The predicted molar refractivity (Wildman–Crippen MR) is 84.7 cm³/mol. The van der Waals surface area contributed by atoms with E-state index in [2.05, 4.69) is 15.6 Å². The molecule has 0 unspecified atom stereocenters. The smallest absolute Gasteiger partial charge is 0.319 e. The molecule has 0 radical (unpaired) electrons. The molecule has 0 atom stereocenters. The molecule has 0 aliphatic carbocycles. The first-order chi connectivity index (χ1) is 10.6. The van der Waals surface area contributed by atoms with Crippen LogP contribution in [0.1, 0.15) is 5.56 Å². The normalized spacial score (nSPS) is 9.95. The first-order valence-electron chi connectivity index (χ1n) is 6.49. The van der Waals surface area contributed by atoms with Gasteiger partial charge in [0, 0.05) is 24.9 Å². The van der Waals surface area contributed by atoms with E-state index in [0.717, 1.165) is 5.56 Å². The number of nitrogens with zero attached hydrogens (tertiary/aromatic N) is 1. The molecule has 1 aromatic carbocycles. The van der Waals surface area contributed by atoms with E-state index in [9.17, 15) is 4.79 Å². The molecule has 7 heteroatoms. The highest BCUT2D eigenvalue weighted by molar-refractivity contribution is 6.33. The van der Waals surface area contributed by atoms with E-state index < -0.39 is 0 Å². The molecule has 2 N–H and O–H groups in total. The van der Waals surface area contributed by atoms with Gasteiger partial charge < -0.3 is 20.1 Å². The van der Waals surface area contributed by atoms with Crippen LogP contribution in [0.2, 0.25) is 5.02 Å². The summed E-state index contributed by atoms with van der Waals surface area (Å²) in [6.45, 7) is 0.346. The number of anilines is 1. The van der Waals surface area contributed by atoms with Gasteiger partial charge in [-0.15, -0.1) is 0 Å². The van der Waals surface area contributed by atoms with Crippen molar-refractivity contribution in [2.45, 2.75) is 6.54 Å². The highest BCUT2D eigenvalue weighted by atomic mass is 35.5. The van der Waals surface area contributed by atoms with Gasteiger partial charge in [-0.3, -0.25) is 0 Å². The number of carbonyl (C=O) groups is 1. The van der Waals surface area contributed by atoms with E-state index in [0.29, 0.717) is 28.9 Å². The Bertz CT molecular complexity index is 664. The van der Waals surface area contributed by atoms with Crippen molar-refractivity contribution in [3.63, 3.8) is 0 Å². The summed E-state index contributed by atoms with van der Waals surface area (Å²) in [4.78, 5) is 15.9. The summed E-state index contributed by atoms with van der Waals surface area (Å²) in [5, 5.41) is 5.81. The molecule has 0 aliphatic heterocycles. The molecule has 22 heavy (non-hydrogen) atoms. The number of pyridine rings is 1. The van der Waals surface area contributed by atoms with Crippen LogP contribution in [0, 0.1) is 0 Å².